The summed E-state index contributed by atoms with van der Waals surface area (Å²) in [6.45, 7) is 4.15. The lowest BCUT2D eigenvalue weighted by Gasteiger charge is -2.27. The molecule has 3 saturated heterocycles. The fourth-order valence-corrected chi connectivity index (χ4v) is 5.49. The van der Waals surface area contributed by atoms with Gasteiger partial charge in [-0.2, -0.15) is 0 Å². The molecular weight excluding hydrogens is 336 g/mol. The highest BCUT2D eigenvalue weighted by Gasteiger charge is 2.47. The highest BCUT2D eigenvalue weighted by molar-refractivity contribution is 5.80. The Morgan fingerprint density at radius 2 is 1.96 bits per heavy atom. The molecule has 148 valence electrons. The third-order valence-electron chi connectivity index (χ3n) is 6.75. The largest absolute Gasteiger partial charge is 0.344 e. The van der Waals surface area contributed by atoms with Gasteiger partial charge in [0, 0.05) is 37.8 Å². The number of hydrogen-bond donors (Lipinski definition) is 2. The van der Waals surface area contributed by atoms with Crippen molar-refractivity contribution in [3.05, 3.63) is 35.9 Å². The van der Waals surface area contributed by atoms with Crippen LogP contribution >= 0.6 is 0 Å². The molecule has 3 aliphatic rings. The van der Waals surface area contributed by atoms with E-state index >= 15 is 0 Å². The second-order valence-electron chi connectivity index (χ2n) is 8.64. The van der Waals surface area contributed by atoms with Crippen LogP contribution in [0.4, 0.5) is 0 Å². The molecule has 4 rings (SSSR count). The van der Waals surface area contributed by atoms with Crippen molar-refractivity contribution in [1.82, 2.24) is 20.7 Å². The zero-order valence-electron chi connectivity index (χ0n) is 16.7. The van der Waals surface area contributed by atoms with E-state index in [1.165, 1.54) is 24.8 Å². The lowest BCUT2D eigenvalue weighted by molar-refractivity contribution is -0.135. The molecule has 5 atom stereocenters. The van der Waals surface area contributed by atoms with Crippen LogP contribution < -0.4 is 10.9 Å². The van der Waals surface area contributed by atoms with Crippen LogP contribution in [0, 0.1) is 5.92 Å². The van der Waals surface area contributed by atoms with E-state index in [4.69, 9.17) is 0 Å². The molecule has 0 spiro atoms. The molecule has 0 aromatic heterocycles. The molecule has 1 amide bonds. The molecule has 2 unspecified atom stereocenters. The molecule has 1 aromatic rings. The fraction of sp³-hybridized carbons (Fsp3) is 0.682. The molecule has 2 N–H and O–H groups in total. The SMILES string of the molecule is CCCC1CC(CN(C)C(=O)[C@@H]2C[C@H](c3ccccc3)N3CCC[C@@H]23)NN1. The smallest absolute Gasteiger partial charge is 0.227 e. The standard InChI is InChI=1S/C22H34N4O/c1-3-8-17-13-18(24-23-17)15-25(2)22(27)19-14-21(16-9-5-4-6-10-16)26-12-7-11-20(19)26/h4-6,9-10,17-21,23-24H,3,7-8,11-15H2,1-2H3/t17?,18?,19-,20+,21-/m1/s1. The number of rotatable bonds is 6. The van der Waals surface area contributed by atoms with Crippen molar-refractivity contribution in [2.24, 2.45) is 5.92 Å². The number of nitrogens with zero attached hydrogens (tertiary/aromatic N) is 2. The number of hydrogen-bond acceptors (Lipinski definition) is 4. The summed E-state index contributed by atoms with van der Waals surface area (Å²) < 4.78 is 0. The van der Waals surface area contributed by atoms with Crippen LogP contribution in [0.5, 0.6) is 0 Å². The van der Waals surface area contributed by atoms with Crippen LogP contribution in [0.1, 0.15) is 57.1 Å². The van der Waals surface area contributed by atoms with Crippen molar-refractivity contribution in [2.75, 3.05) is 20.1 Å². The van der Waals surface area contributed by atoms with E-state index in [-0.39, 0.29) is 5.92 Å². The summed E-state index contributed by atoms with van der Waals surface area (Å²) in [6, 6.07) is 12.5. The molecule has 3 fully saturated rings. The minimum absolute atomic E-state index is 0.142. The van der Waals surface area contributed by atoms with Gasteiger partial charge in [-0.05, 0) is 44.2 Å². The van der Waals surface area contributed by atoms with E-state index in [1.54, 1.807) is 0 Å². The number of carbonyl (C=O) groups is 1. The van der Waals surface area contributed by atoms with Gasteiger partial charge in [0.05, 0.1) is 5.92 Å². The van der Waals surface area contributed by atoms with E-state index in [1.807, 2.05) is 11.9 Å². The molecule has 0 radical (unpaired) electrons. The zero-order chi connectivity index (χ0) is 18.8. The van der Waals surface area contributed by atoms with Gasteiger partial charge in [0.2, 0.25) is 5.91 Å². The maximum atomic E-state index is 13.3. The maximum Gasteiger partial charge on any atom is 0.227 e. The fourth-order valence-electron chi connectivity index (χ4n) is 5.49. The Balaban J connectivity index is 1.39. The summed E-state index contributed by atoms with van der Waals surface area (Å²) in [6.07, 6.45) is 6.84. The quantitative estimate of drug-likeness (QED) is 0.808. The minimum atomic E-state index is 0.142. The summed E-state index contributed by atoms with van der Waals surface area (Å²) in [4.78, 5) is 17.9. The van der Waals surface area contributed by atoms with Gasteiger partial charge in [0.15, 0.2) is 0 Å². The summed E-state index contributed by atoms with van der Waals surface area (Å²) >= 11 is 0. The molecule has 27 heavy (non-hydrogen) atoms. The van der Waals surface area contributed by atoms with Crippen molar-refractivity contribution in [1.29, 1.82) is 0 Å². The Morgan fingerprint density at radius 1 is 1.19 bits per heavy atom. The normalized spacial score (nSPS) is 33.3. The molecular formula is C22H34N4O. The van der Waals surface area contributed by atoms with Gasteiger partial charge in [0.25, 0.3) is 0 Å². The first-order valence-electron chi connectivity index (χ1n) is 10.7. The number of carbonyl (C=O) groups excluding carboxylic acids is 1. The van der Waals surface area contributed by atoms with Gasteiger partial charge in [-0.15, -0.1) is 0 Å². The van der Waals surface area contributed by atoms with E-state index in [9.17, 15) is 4.79 Å². The third-order valence-corrected chi connectivity index (χ3v) is 6.75. The molecule has 1 aromatic carbocycles. The number of benzene rings is 1. The predicted molar refractivity (Wildman–Crippen MR) is 108 cm³/mol. The van der Waals surface area contributed by atoms with E-state index in [2.05, 4.69) is 53.0 Å². The number of hydrazine groups is 1. The van der Waals surface area contributed by atoms with Gasteiger partial charge < -0.3 is 4.90 Å². The molecule has 5 nitrogen and oxygen atoms in total. The van der Waals surface area contributed by atoms with Crippen molar-refractivity contribution < 1.29 is 4.79 Å². The second kappa shape index (κ2) is 8.29. The van der Waals surface area contributed by atoms with Gasteiger partial charge in [-0.3, -0.25) is 20.5 Å². The van der Waals surface area contributed by atoms with Crippen LogP contribution in [-0.2, 0) is 4.79 Å². The molecule has 0 aliphatic carbocycles. The number of nitrogens with one attached hydrogen (secondary N) is 2. The lowest BCUT2D eigenvalue weighted by Crippen LogP contribution is -2.45. The lowest BCUT2D eigenvalue weighted by atomic mass is 9.93. The summed E-state index contributed by atoms with van der Waals surface area (Å²) in [5.41, 5.74) is 8.15. The Bertz CT molecular complexity index is 636. The average molecular weight is 371 g/mol. The summed E-state index contributed by atoms with van der Waals surface area (Å²) in [7, 11) is 1.99. The van der Waals surface area contributed by atoms with Crippen molar-refractivity contribution in [2.45, 2.75) is 69.6 Å². The van der Waals surface area contributed by atoms with Crippen LogP contribution in [0.15, 0.2) is 30.3 Å². The topological polar surface area (TPSA) is 47.6 Å². The molecule has 3 aliphatic heterocycles. The Labute approximate surface area is 163 Å². The second-order valence-corrected chi connectivity index (χ2v) is 8.64. The van der Waals surface area contributed by atoms with Gasteiger partial charge in [-0.25, -0.2) is 0 Å². The number of fused-ring (bicyclic) bond motifs is 1. The highest BCUT2D eigenvalue weighted by atomic mass is 16.2. The average Bonchev–Trinajstić information content (AvgIpc) is 3.39. The van der Waals surface area contributed by atoms with Crippen molar-refractivity contribution in [3.63, 3.8) is 0 Å². The molecule has 0 saturated carbocycles. The zero-order valence-corrected chi connectivity index (χ0v) is 16.7. The first-order chi connectivity index (χ1) is 13.2. The van der Waals surface area contributed by atoms with Crippen LogP contribution in [0.3, 0.4) is 0 Å². The minimum Gasteiger partial charge on any atom is -0.344 e. The Kier molecular flexibility index (Phi) is 5.81. The number of likely N-dealkylation sites (N-methyl/N-ethyl adjacent to an activating group) is 1. The van der Waals surface area contributed by atoms with Crippen LogP contribution in [-0.4, -0.2) is 54.0 Å². The Morgan fingerprint density at radius 3 is 2.74 bits per heavy atom. The molecule has 3 heterocycles. The van der Waals surface area contributed by atoms with E-state index in [0.29, 0.717) is 30.1 Å². The van der Waals surface area contributed by atoms with E-state index < -0.39 is 0 Å². The van der Waals surface area contributed by atoms with Crippen LogP contribution in [0.2, 0.25) is 0 Å². The molecule has 0 bridgehead atoms. The van der Waals surface area contributed by atoms with Gasteiger partial charge in [-0.1, -0.05) is 43.7 Å². The molecule has 5 heteroatoms. The van der Waals surface area contributed by atoms with E-state index in [0.717, 1.165) is 32.4 Å². The first-order valence-corrected chi connectivity index (χ1v) is 10.7. The van der Waals surface area contributed by atoms with Crippen LogP contribution in [0.25, 0.3) is 0 Å². The Hall–Kier alpha value is -1.43. The highest BCUT2D eigenvalue weighted by Crippen LogP contribution is 2.45. The van der Waals surface area contributed by atoms with Crippen molar-refractivity contribution in [3.8, 4) is 0 Å². The summed E-state index contributed by atoms with van der Waals surface area (Å²) in [5.74, 6) is 0.481. The van der Waals surface area contributed by atoms with Gasteiger partial charge >= 0.3 is 0 Å². The predicted octanol–water partition coefficient (Wildman–Crippen LogP) is 2.71. The summed E-state index contributed by atoms with van der Waals surface area (Å²) in [5, 5.41) is 0. The van der Waals surface area contributed by atoms with Gasteiger partial charge in [0.1, 0.15) is 0 Å². The number of amides is 1. The first kappa shape index (κ1) is 18.9. The maximum absolute atomic E-state index is 13.3. The monoisotopic (exact) mass is 370 g/mol. The third kappa shape index (κ3) is 3.91. The van der Waals surface area contributed by atoms with Crippen molar-refractivity contribution >= 4 is 5.91 Å².